The molecule has 1 saturated heterocycles. The molecule has 1 aliphatic heterocycles. The Balaban J connectivity index is 1.33. The number of ether oxygens (including phenoxy) is 3. The van der Waals surface area contributed by atoms with Crippen LogP contribution >= 0.6 is 22.9 Å². The number of pyridine rings is 1. The van der Waals surface area contributed by atoms with Crippen LogP contribution in [-0.4, -0.2) is 93.4 Å². The maximum Gasteiger partial charge on any atom is 0.408 e. The highest BCUT2D eigenvalue weighted by atomic mass is 35.5. The van der Waals surface area contributed by atoms with Gasteiger partial charge in [0, 0.05) is 29.3 Å². The van der Waals surface area contributed by atoms with Crippen LogP contribution < -0.4 is 20.7 Å². The molecule has 0 spiro atoms. The summed E-state index contributed by atoms with van der Waals surface area (Å²) in [5.74, 6) is -1.02. The van der Waals surface area contributed by atoms with Gasteiger partial charge in [0.2, 0.25) is 11.8 Å². The number of carbonyl (C=O) groups is 4. The number of carbonyl (C=O) groups excluding carboxylic acids is 4. The molecule has 2 saturated carbocycles. The number of phenolic OH excluding ortho intramolecular Hbond substituents is 1. The van der Waals surface area contributed by atoms with Gasteiger partial charge in [-0.2, -0.15) is 0 Å². The number of rotatable bonds is 12. The van der Waals surface area contributed by atoms with Crippen molar-refractivity contribution in [2.45, 2.75) is 123 Å². The summed E-state index contributed by atoms with van der Waals surface area (Å²) in [5, 5.41) is 22.7. The lowest BCUT2D eigenvalue weighted by molar-refractivity contribution is -0.148. The Kier molecular flexibility index (Phi) is 12.0. The van der Waals surface area contributed by atoms with Crippen molar-refractivity contribution in [3.05, 3.63) is 28.6 Å². The lowest BCUT2D eigenvalue weighted by atomic mass is 9.85. The summed E-state index contributed by atoms with van der Waals surface area (Å²) < 4.78 is 17.5. The Bertz CT molecular complexity index is 1990. The number of aromatic nitrogens is 2. The number of alkyl carbamates (subject to hydrolysis) is 1. The number of fused-ring (bicyclic) bond motifs is 1. The standard InChI is InChI=1S/C40H53ClN6O8S/c1-9-22-17-40(22,36(51)53-8)46-34(49)28-15-24(18-47(28)35(50)33(39(5,6)7)45-38(52)55-23-11-10-21(4)14-23)54-30-16-26(27-19-56-37(44-27)42-20(2)3)43-32-25(30)12-13-29(48)31(32)41/h12-13,16,19-24,28,33,48H,9-11,14-15,17-18H2,1-8H3,(H,42,44)(H,45,52)(H,46,49)/t21-,22-,23+,24-,28+,33-,40-/m1/s1. The molecular formula is C40H53ClN6O8S. The number of anilines is 1. The number of phenols is 1. The Morgan fingerprint density at radius 2 is 1.86 bits per heavy atom. The van der Waals surface area contributed by atoms with E-state index < -0.39 is 53.0 Å². The molecular weight excluding hydrogens is 760 g/mol. The predicted molar refractivity (Wildman–Crippen MR) is 214 cm³/mol. The molecule has 0 radical (unpaired) electrons. The zero-order valence-electron chi connectivity index (χ0n) is 33.2. The maximum atomic E-state index is 14.7. The largest absolute Gasteiger partial charge is 0.506 e. The predicted octanol–water partition coefficient (Wildman–Crippen LogP) is 6.67. The first-order chi connectivity index (χ1) is 26.4. The maximum absolute atomic E-state index is 14.7. The molecule has 2 aliphatic carbocycles. The third-order valence-electron chi connectivity index (χ3n) is 11.0. The van der Waals surface area contributed by atoms with E-state index in [0.29, 0.717) is 46.4 Å². The summed E-state index contributed by atoms with van der Waals surface area (Å²) >= 11 is 8.02. The normalized spacial score (nSPS) is 25.2. The van der Waals surface area contributed by atoms with E-state index in [2.05, 4.69) is 22.9 Å². The van der Waals surface area contributed by atoms with Gasteiger partial charge < -0.3 is 40.2 Å². The van der Waals surface area contributed by atoms with Crippen LogP contribution in [0.25, 0.3) is 22.3 Å². The molecule has 304 valence electrons. The van der Waals surface area contributed by atoms with Gasteiger partial charge in [0.05, 0.1) is 24.9 Å². The van der Waals surface area contributed by atoms with Crippen molar-refractivity contribution < 1.29 is 38.5 Å². The lowest BCUT2D eigenvalue weighted by Crippen LogP contribution is -2.59. The first kappa shape index (κ1) is 41.3. The third-order valence-corrected chi connectivity index (χ3v) is 12.1. The molecule has 7 atom stereocenters. The number of likely N-dealkylation sites (tertiary alicyclic amines) is 1. The summed E-state index contributed by atoms with van der Waals surface area (Å²) in [6, 6.07) is 2.86. The minimum Gasteiger partial charge on any atom is -0.506 e. The number of esters is 1. The van der Waals surface area contributed by atoms with E-state index in [1.807, 2.05) is 46.9 Å². The average molecular weight is 813 g/mol. The smallest absolute Gasteiger partial charge is 0.408 e. The number of nitrogens with zero attached hydrogens (tertiary/aromatic N) is 3. The van der Waals surface area contributed by atoms with Gasteiger partial charge in [-0.15, -0.1) is 11.3 Å². The highest BCUT2D eigenvalue weighted by Gasteiger charge is 2.62. The zero-order chi connectivity index (χ0) is 40.7. The highest BCUT2D eigenvalue weighted by Crippen LogP contribution is 2.47. The first-order valence-corrected chi connectivity index (χ1v) is 20.6. The number of amides is 3. The van der Waals surface area contributed by atoms with Gasteiger partial charge in [0.25, 0.3) is 0 Å². The minimum absolute atomic E-state index is 0.0209. The van der Waals surface area contributed by atoms with Crippen molar-refractivity contribution in [3.63, 3.8) is 0 Å². The number of nitrogens with one attached hydrogen (secondary N) is 3. The first-order valence-electron chi connectivity index (χ1n) is 19.3. The fourth-order valence-corrected chi connectivity index (χ4v) is 8.90. The number of hydrogen-bond acceptors (Lipinski definition) is 12. The Morgan fingerprint density at radius 1 is 1.11 bits per heavy atom. The van der Waals surface area contributed by atoms with Gasteiger partial charge in [0.1, 0.15) is 52.0 Å². The van der Waals surface area contributed by atoms with Crippen molar-refractivity contribution in [1.82, 2.24) is 25.5 Å². The third kappa shape index (κ3) is 8.63. The molecule has 0 bridgehead atoms. The molecule has 6 rings (SSSR count). The van der Waals surface area contributed by atoms with E-state index in [4.69, 9.17) is 35.8 Å². The van der Waals surface area contributed by atoms with Crippen LogP contribution in [-0.2, 0) is 23.9 Å². The number of benzene rings is 1. The lowest BCUT2D eigenvalue weighted by Gasteiger charge is -2.35. The minimum atomic E-state index is -1.19. The number of hydrogen-bond donors (Lipinski definition) is 4. The molecule has 3 aromatic rings. The summed E-state index contributed by atoms with van der Waals surface area (Å²) in [6.45, 7) is 13.6. The van der Waals surface area contributed by atoms with Crippen LogP contribution in [0.5, 0.6) is 11.5 Å². The molecule has 1 aromatic carbocycles. The van der Waals surface area contributed by atoms with E-state index in [-0.39, 0.29) is 47.3 Å². The van der Waals surface area contributed by atoms with E-state index >= 15 is 0 Å². The number of aromatic hydroxyl groups is 1. The van der Waals surface area contributed by atoms with Gasteiger partial charge >= 0.3 is 12.1 Å². The number of methoxy groups -OCH3 is 1. The molecule has 4 N–H and O–H groups in total. The van der Waals surface area contributed by atoms with Crippen LogP contribution in [0, 0.1) is 17.3 Å². The van der Waals surface area contributed by atoms with Gasteiger partial charge in [-0.25, -0.2) is 19.6 Å². The molecule has 3 heterocycles. The van der Waals surface area contributed by atoms with E-state index in [0.717, 1.165) is 19.3 Å². The van der Waals surface area contributed by atoms with Crippen LogP contribution in [0.1, 0.15) is 87.0 Å². The number of thiazole rings is 1. The van der Waals surface area contributed by atoms with Crippen molar-refractivity contribution in [2.75, 3.05) is 19.0 Å². The van der Waals surface area contributed by atoms with Crippen molar-refractivity contribution in [3.8, 4) is 22.9 Å². The summed E-state index contributed by atoms with van der Waals surface area (Å²) in [7, 11) is 1.29. The molecule has 3 aliphatic rings. The fraction of sp³-hybridized carbons (Fsp3) is 0.600. The van der Waals surface area contributed by atoms with Crippen molar-refractivity contribution >= 4 is 62.8 Å². The average Bonchev–Trinajstić information content (AvgIpc) is 3.47. The van der Waals surface area contributed by atoms with Gasteiger partial charge in [-0.05, 0) is 68.9 Å². The summed E-state index contributed by atoms with van der Waals surface area (Å²) in [5.41, 5.74) is -0.672. The van der Waals surface area contributed by atoms with Crippen molar-refractivity contribution in [2.24, 2.45) is 17.3 Å². The van der Waals surface area contributed by atoms with Gasteiger partial charge in [-0.1, -0.05) is 52.6 Å². The SMILES string of the molecule is CC[C@@H]1C[C@]1(NC(=O)[C@@H]1C[C@@H](Oc2cc(-c3csc(NC(C)C)n3)nc3c(Cl)c(O)ccc23)CN1C(=O)[C@@H](NC(=O)O[C@H]1CC[C@@H](C)C1)C(C)(C)C)C(=O)OC. The molecule has 3 amide bonds. The molecule has 2 aromatic heterocycles. The van der Waals surface area contributed by atoms with Crippen LogP contribution in [0.3, 0.4) is 0 Å². The van der Waals surface area contributed by atoms with Gasteiger partial charge in [0.15, 0.2) is 5.13 Å². The van der Waals surface area contributed by atoms with E-state index in [1.54, 1.807) is 12.1 Å². The van der Waals surface area contributed by atoms with Gasteiger partial charge in [-0.3, -0.25) is 9.59 Å². The Morgan fingerprint density at radius 3 is 2.48 bits per heavy atom. The highest BCUT2D eigenvalue weighted by molar-refractivity contribution is 7.14. The molecule has 56 heavy (non-hydrogen) atoms. The molecule has 3 fully saturated rings. The summed E-state index contributed by atoms with van der Waals surface area (Å²) in [4.78, 5) is 66.1. The van der Waals surface area contributed by atoms with Crippen LogP contribution in [0.4, 0.5) is 9.93 Å². The molecule has 0 unspecified atom stereocenters. The zero-order valence-corrected chi connectivity index (χ0v) is 34.8. The monoisotopic (exact) mass is 812 g/mol. The molecule has 14 nitrogen and oxygen atoms in total. The Hall–Kier alpha value is -4.37. The quantitative estimate of drug-likeness (QED) is 0.143. The van der Waals surface area contributed by atoms with Crippen LogP contribution in [0.15, 0.2) is 23.6 Å². The number of halogens is 1. The summed E-state index contributed by atoms with van der Waals surface area (Å²) in [6.07, 6.45) is 1.95. The Labute approximate surface area is 336 Å². The topological polar surface area (TPSA) is 181 Å². The second kappa shape index (κ2) is 16.2. The molecule has 16 heteroatoms. The van der Waals surface area contributed by atoms with E-state index in [9.17, 15) is 24.3 Å². The fourth-order valence-electron chi connectivity index (χ4n) is 7.85. The van der Waals surface area contributed by atoms with Crippen LogP contribution in [0.2, 0.25) is 5.02 Å². The second-order valence-corrected chi connectivity index (χ2v) is 18.0. The second-order valence-electron chi connectivity index (χ2n) is 16.8. The van der Waals surface area contributed by atoms with Crippen molar-refractivity contribution in [1.29, 1.82) is 0 Å². The van der Waals surface area contributed by atoms with E-state index in [1.165, 1.54) is 29.4 Å².